The largest absolute Gasteiger partial charge is 0.505 e. The van der Waals surface area contributed by atoms with E-state index in [1.807, 2.05) is 0 Å². The summed E-state index contributed by atoms with van der Waals surface area (Å²) in [6, 6.07) is 8.66. The molecule has 3 rings (SSSR count). The lowest BCUT2D eigenvalue weighted by Gasteiger charge is -2.10. The van der Waals surface area contributed by atoms with E-state index in [1.54, 1.807) is 12.1 Å². The number of rotatable bonds is 4. The summed E-state index contributed by atoms with van der Waals surface area (Å²) in [6.07, 6.45) is 0. The standard InChI is InChI=1S/C19H16N2O6/c1-9(22)12-5-3-10-4-6-13(21-16(10)17(12)24)19(26)20-11-7-14(23)18(25)15(8-11)27-2/h3-8,23-25H,1-2H3,(H,20,26). The van der Waals surface area contributed by atoms with Gasteiger partial charge in [0.2, 0.25) is 5.75 Å². The fourth-order valence-electron chi connectivity index (χ4n) is 2.60. The molecule has 8 nitrogen and oxygen atoms in total. The molecule has 1 aromatic heterocycles. The number of aromatic nitrogens is 1. The quantitative estimate of drug-likeness (QED) is 0.316. The SMILES string of the molecule is COc1cc(NC(=O)c2ccc3ccc(C(C)=O)c(O)c3n2)cc(O)c1O. The number of amides is 1. The zero-order valence-electron chi connectivity index (χ0n) is 14.5. The summed E-state index contributed by atoms with van der Waals surface area (Å²) >= 11 is 0. The van der Waals surface area contributed by atoms with Gasteiger partial charge in [-0.3, -0.25) is 9.59 Å². The highest BCUT2D eigenvalue weighted by atomic mass is 16.5. The van der Waals surface area contributed by atoms with Gasteiger partial charge in [-0.25, -0.2) is 4.98 Å². The van der Waals surface area contributed by atoms with Crippen LogP contribution < -0.4 is 10.1 Å². The maximum absolute atomic E-state index is 12.5. The van der Waals surface area contributed by atoms with Crippen molar-refractivity contribution in [2.24, 2.45) is 0 Å². The van der Waals surface area contributed by atoms with E-state index in [0.717, 1.165) is 6.07 Å². The number of ketones is 1. The van der Waals surface area contributed by atoms with Crippen LogP contribution in [0.5, 0.6) is 23.0 Å². The minimum Gasteiger partial charge on any atom is -0.505 e. The van der Waals surface area contributed by atoms with E-state index in [1.165, 1.54) is 32.2 Å². The molecule has 3 aromatic rings. The maximum atomic E-state index is 12.5. The first-order chi connectivity index (χ1) is 12.8. The first-order valence-corrected chi connectivity index (χ1v) is 7.86. The van der Waals surface area contributed by atoms with E-state index in [-0.39, 0.29) is 39.7 Å². The van der Waals surface area contributed by atoms with Gasteiger partial charge in [0.05, 0.1) is 12.7 Å². The molecular formula is C19H16N2O6. The lowest BCUT2D eigenvalue weighted by atomic mass is 10.1. The third-order valence-electron chi connectivity index (χ3n) is 3.98. The number of Topliss-reactive ketones (excluding diaryl/α,β-unsaturated/α-hetero) is 1. The minimum absolute atomic E-state index is 0.00923. The molecule has 0 spiro atoms. The number of anilines is 1. The lowest BCUT2D eigenvalue weighted by Crippen LogP contribution is -2.13. The molecule has 1 amide bonds. The summed E-state index contributed by atoms with van der Waals surface area (Å²) < 4.78 is 4.92. The van der Waals surface area contributed by atoms with Crippen molar-refractivity contribution in [1.82, 2.24) is 4.98 Å². The van der Waals surface area contributed by atoms with Crippen LogP contribution in [0, 0.1) is 0 Å². The second-order valence-electron chi connectivity index (χ2n) is 5.79. The van der Waals surface area contributed by atoms with Crippen molar-refractivity contribution in [3.63, 3.8) is 0 Å². The van der Waals surface area contributed by atoms with Gasteiger partial charge >= 0.3 is 0 Å². The Morgan fingerprint density at radius 3 is 2.41 bits per heavy atom. The molecule has 8 heteroatoms. The number of phenols is 3. The predicted molar refractivity (Wildman–Crippen MR) is 97.7 cm³/mol. The van der Waals surface area contributed by atoms with Crippen LogP contribution in [0.25, 0.3) is 10.9 Å². The van der Waals surface area contributed by atoms with Crippen LogP contribution in [0.2, 0.25) is 0 Å². The Balaban J connectivity index is 1.98. The van der Waals surface area contributed by atoms with Crippen molar-refractivity contribution in [3.8, 4) is 23.0 Å². The van der Waals surface area contributed by atoms with Gasteiger partial charge in [0.1, 0.15) is 11.2 Å². The van der Waals surface area contributed by atoms with Crippen LogP contribution in [0.3, 0.4) is 0 Å². The highest BCUT2D eigenvalue weighted by Gasteiger charge is 2.16. The molecule has 0 saturated carbocycles. The summed E-state index contributed by atoms with van der Waals surface area (Å²) in [5, 5.41) is 32.7. The molecule has 0 aliphatic heterocycles. The van der Waals surface area contributed by atoms with Crippen molar-refractivity contribution in [2.75, 3.05) is 12.4 Å². The number of benzene rings is 2. The van der Waals surface area contributed by atoms with E-state index in [2.05, 4.69) is 10.3 Å². The molecule has 0 radical (unpaired) electrons. The van der Waals surface area contributed by atoms with Gasteiger partial charge in [0, 0.05) is 23.2 Å². The first-order valence-electron chi connectivity index (χ1n) is 7.86. The van der Waals surface area contributed by atoms with E-state index >= 15 is 0 Å². The Bertz CT molecular complexity index is 1080. The number of fused-ring (bicyclic) bond motifs is 1. The summed E-state index contributed by atoms with van der Waals surface area (Å²) in [5.74, 6) is -2.14. The fourth-order valence-corrected chi connectivity index (χ4v) is 2.60. The van der Waals surface area contributed by atoms with Gasteiger partial charge in [-0.15, -0.1) is 0 Å². The number of phenolic OH excluding ortho intramolecular Hbond substituents is 3. The molecule has 27 heavy (non-hydrogen) atoms. The minimum atomic E-state index is -0.614. The van der Waals surface area contributed by atoms with Crippen molar-refractivity contribution in [1.29, 1.82) is 0 Å². The Labute approximate surface area is 153 Å². The summed E-state index contributed by atoms with van der Waals surface area (Å²) in [6.45, 7) is 1.32. The van der Waals surface area contributed by atoms with E-state index < -0.39 is 17.4 Å². The number of carbonyl (C=O) groups is 2. The Kier molecular flexibility index (Phi) is 4.55. The zero-order valence-corrected chi connectivity index (χ0v) is 14.5. The predicted octanol–water partition coefficient (Wildman–Crippen LogP) is 2.82. The molecule has 4 N–H and O–H groups in total. The first kappa shape index (κ1) is 18.0. The Hall–Kier alpha value is -3.81. The number of nitrogens with zero attached hydrogens (tertiary/aromatic N) is 1. The van der Waals surface area contributed by atoms with Gasteiger partial charge < -0.3 is 25.4 Å². The van der Waals surface area contributed by atoms with E-state index in [9.17, 15) is 24.9 Å². The summed E-state index contributed by atoms with van der Waals surface area (Å²) in [4.78, 5) is 28.2. The number of pyridine rings is 1. The number of carbonyl (C=O) groups excluding carboxylic acids is 2. The number of hydrogen-bond donors (Lipinski definition) is 4. The Morgan fingerprint density at radius 1 is 1.04 bits per heavy atom. The van der Waals surface area contributed by atoms with Crippen LogP contribution in [0.4, 0.5) is 5.69 Å². The monoisotopic (exact) mass is 368 g/mol. The van der Waals surface area contributed by atoms with Gasteiger partial charge in [0.15, 0.2) is 23.0 Å². The highest BCUT2D eigenvalue weighted by molar-refractivity contribution is 6.06. The van der Waals surface area contributed by atoms with Crippen LogP contribution in [0.15, 0.2) is 36.4 Å². The van der Waals surface area contributed by atoms with E-state index in [0.29, 0.717) is 5.39 Å². The molecule has 0 aliphatic carbocycles. The molecule has 0 unspecified atom stereocenters. The molecule has 2 aromatic carbocycles. The van der Waals surface area contributed by atoms with Crippen LogP contribution >= 0.6 is 0 Å². The van der Waals surface area contributed by atoms with Gasteiger partial charge in [-0.2, -0.15) is 0 Å². The molecule has 0 bridgehead atoms. The topological polar surface area (TPSA) is 129 Å². The lowest BCUT2D eigenvalue weighted by molar-refractivity contribution is 0.101. The van der Waals surface area contributed by atoms with Crippen LogP contribution in [-0.4, -0.2) is 39.1 Å². The molecule has 0 atom stereocenters. The molecule has 0 aliphatic rings. The third-order valence-corrected chi connectivity index (χ3v) is 3.98. The molecule has 0 saturated heterocycles. The van der Waals surface area contributed by atoms with Gasteiger partial charge in [-0.05, 0) is 19.1 Å². The third kappa shape index (κ3) is 3.32. The summed E-state index contributed by atoms with van der Waals surface area (Å²) in [7, 11) is 1.31. The van der Waals surface area contributed by atoms with Crippen molar-refractivity contribution in [3.05, 3.63) is 47.7 Å². The van der Waals surface area contributed by atoms with E-state index in [4.69, 9.17) is 4.74 Å². The number of hydrogen-bond acceptors (Lipinski definition) is 7. The maximum Gasteiger partial charge on any atom is 0.274 e. The average Bonchev–Trinajstić information content (AvgIpc) is 2.64. The second-order valence-corrected chi connectivity index (χ2v) is 5.79. The molecule has 0 fully saturated rings. The van der Waals surface area contributed by atoms with Crippen molar-refractivity contribution >= 4 is 28.3 Å². The average molecular weight is 368 g/mol. The van der Waals surface area contributed by atoms with Crippen molar-refractivity contribution < 1.29 is 29.6 Å². The summed E-state index contributed by atoms with van der Waals surface area (Å²) in [5.41, 5.74) is 0.406. The number of nitrogens with one attached hydrogen (secondary N) is 1. The van der Waals surface area contributed by atoms with Gasteiger partial charge in [-0.1, -0.05) is 12.1 Å². The molecule has 1 heterocycles. The Morgan fingerprint density at radius 2 is 1.74 bits per heavy atom. The highest BCUT2D eigenvalue weighted by Crippen LogP contribution is 2.38. The normalized spacial score (nSPS) is 10.6. The molecular weight excluding hydrogens is 352 g/mol. The number of ether oxygens (including phenoxy) is 1. The van der Waals surface area contributed by atoms with Crippen LogP contribution in [0.1, 0.15) is 27.8 Å². The number of aromatic hydroxyl groups is 3. The molecule has 138 valence electrons. The zero-order chi connectivity index (χ0) is 19.7. The van der Waals surface area contributed by atoms with Gasteiger partial charge in [0.25, 0.3) is 5.91 Å². The smallest absolute Gasteiger partial charge is 0.274 e. The fraction of sp³-hybridized carbons (Fsp3) is 0.105. The van der Waals surface area contributed by atoms with Crippen molar-refractivity contribution in [2.45, 2.75) is 6.92 Å². The second kappa shape index (κ2) is 6.83. The number of methoxy groups -OCH3 is 1. The van der Waals surface area contributed by atoms with Crippen LogP contribution in [-0.2, 0) is 0 Å².